The Morgan fingerprint density at radius 3 is 2.70 bits per heavy atom. The zero-order valence-electron chi connectivity index (χ0n) is 20.3. The number of amides is 1. The van der Waals surface area contributed by atoms with Crippen LogP contribution in [0.15, 0.2) is 61.1 Å². The second-order valence-electron chi connectivity index (χ2n) is 8.91. The monoisotopic (exact) mass is 523 g/mol. The van der Waals surface area contributed by atoms with Crippen LogP contribution in [0.4, 0.5) is 14.7 Å². The van der Waals surface area contributed by atoms with E-state index in [9.17, 15) is 13.6 Å². The Hall–Kier alpha value is -4.09. The van der Waals surface area contributed by atoms with Crippen molar-refractivity contribution in [2.75, 3.05) is 18.4 Å². The summed E-state index contributed by atoms with van der Waals surface area (Å²) in [5, 5.41) is 5.23. The fourth-order valence-corrected chi connectivity index (χ4v) is 5.09. The third-order valence-electron chi connectivity index (χ3n) is 6.01. The Morgan fingerprint density at radius 1 is 1.19 bits per heavy atom. The first-order valence-corrected chi connectivity index (χ1v) is 12.2. The Morgan fingerprint density at radius 2 is 1.97 bits per heavy atom. The lowest BCUT2D eigenvalue weighted by atomic mass is 9.79. The number of rotatable bonds is 9. The number of nitrogens with two attached hydrogens (primary N) is 3. The second kappa shape index (κ2) is 10.5. The fourth-order valence-electron chi connectivity index (χ4n) is 3.92. The number of aromatic nitrogens is 2. The van der Waals surface area contributed by atoms with Gasteiger partial charge in [0.15, 0.2) is 5.82 Å². The van der Waals surface area contributed by atoms with E-state index in [1.54, 1.807) is 19.9 Å². The number of hydrogen-bond donors (Lipinski definition) is 4. The molecule has 2 heterocycles. The molecule has 0 unspecified atom stereocenters. The maximum atomic E-state index is 14.8. The largest absolute Gasteiger partial charge is 0.403 e. The molecule has 0 saturated heterocycles. The van der Waals surface area contributed by atoms with E-state index >= 15 is 0 Å². The van der Waals surface area contributed by atoms with Gasteiger partial charge in [-0.25, -0.2) is 24.6 Å². The van der Waals surface area contributed by atoms with Crippen molar-refractivity contribution < 1.29 is 13.6 Å². The van der Waals surface area contributed by atoms with Crippen molar-refractivity contribution in [3.05, 3.63) is 78.3 Å². The molecule has 0 radical (unpaired) electrons. The first kappa shape index (κ1) is 26.0. The summed E-state index contributed by atoms with van der Waals surface area (Å²) in [5.41, 5.74) is 11.9. The predicted octanol–water partition coefficient (Wildman–Crippen LogP) is 4.08. The topological polar surface area (TPSA) is 136 Å². The number of thiophene rings is 1. The molecule has 0 aliphatic rings. The van der Waals surface area contributed by atoms with Crippen molar-refractivity contribution in [3.63, 3.8) is 0 Å². The molecular formula is C26H27F2N7OS. The molecular weight excluding hydrogens is 496 g/mol. The van der Waals surface area contributed by atoms with Crippen LogP contribution in [0.25, 0.3) is 31.8 Å². The van der Waals surface area contributed by atoms with Crippen LogP contribution in [-0.4, -0.2) is 34.0 Å². The van der Waals surface area contributed by atoms with Crippen LogP contribution < -0.4 is 22.6 Å². The smallest absolute Gasteiger partial charge is 0.227 e. The van der Waals surface area contributed by atoms with Crippen molar-refractivity contribution in [2.24, 2.45) is 17.3 Å². The summed E-state index contributed by atoms with van der Waals surface area (Å²) in [6, 6.07) is 11.7. The molecule has 1 amide bonds. The minimum absolute atomic E-state index is 0.132. The normalized spacial score (nSPS) is 11.8. The minimum Gasteiger partial charge on any atom is -0.403 e. The van der Waals surface area contributed by atoms with E-state index in [0.717, 1.165) is 16.3 Å². The molecule has 37 heavy (non-hydrogen) atoms. The average Bonchev–Trinajstić information content (AvgIpc) is 3.29. The number of halogens is 2. The van der Waals surface area contributed by atoms with Crippen molar-refractivity contribution in [2.45, 2.75) is 19.3 Å². The lowest BCUT2D eigenvalue weighted by molar-refractivity contribution is -0.122. The molecule has 0 spiro atoms. The van der Waals surface area contributed by atoms with Gasteiger partial charge in [0.1, 0.15) is 11.5 Å². The van der Waals surface area contributed by atoms with E-state index < -0.39 is 23.0 Å². The molecule has 4 aromatic rings. The van der Waals surface area contributed by atoms with Gasteiger partial charge in [-0.15, -0.1) is 11.3 Å². The lowest BCUT2D eigenvalue weighted by Crippen LogP contribution is -2.36. The summed E-state index contributed by atoms with van der Waals surface area (Å²) in [4.78, 5) is 21.2. The van der Waals surface area contributed by atoms with Gasteiger partial charge >= 0.3 is 0 Å². The molecule has 11 heteroatoms. The van der Waals surface area contributed by atoms with E-state index in [1.165, 1.54) is 40.9 Å². The summed E-state index contributed by atoms with van der Waals surface area (Å²) in [7, 11) is 0. The van der Waals surface area contributed by atoms with Gasteiger partial charge in [0.05, 0.1) is 23.0 Å². The molecule has 0 aliphatic carbocycles. The SMILES string of the molecule is CC(C)(C(N)=O)c1ccc(F)cc1-c1cccc2cc(-c3nc(NCCN(N)/C=C\N)ncc3F)sc12. The van der Waals surface area contributed by atoms with E-state index in [1.807, 2.05) is 24.3 Å². The number of primary amides is 1. The summed E-state index contributed by atoms with van der Waals surface area (Å²) in [6.07, 6.45) is 3.95. The van der Waals surface area contributed by atoms with Gasteiger partial charge in [0.2, 0.25) is 11.9 Å². The van der Waals surface area contributed by atoms with Gasteiger partial charge in [-0.1, -0.05) is 24.3 Å². The highest BCUT2D eigenvalue weighted by Gasteiger charge is 2.31. The Labute approximate surface area is 216 Å². The van der Waals surface area contributed by atoms with Crippen LogP contribution in [0.2, 0.25) is 0 Å². The highest BCUT2D eigenvalue weighted by molar-refractivity contribution is 7.22. The van der Waals surface area contributed by atoms with Crippen LogP contribution in [0.3, 0.4) is 0 Å². The van der Waals surface area contributed by atoms with E-state index in [-0.39, 0.29) is 11.6 Å². The maximum Gasteiger partial charge on any atom is 0.227 e. The fraction of sp³-hybridized carbons (Fsp3) is 0.192. The van der Waals surface area contributed by atoms with Crippen LogP contribution in [0.1, 0.15) is 19.4 Å². The van der Waals surface area contributed by atoms with Crippen LogP contribution in [0, 0.1) is 11.6 Å². The molecule has 0 bridgehead atoms. The predicted molar refractivity (Wildman–Crippen MR) is 143 cm³/mol. The number of hydrazine groups is 1. The maximum absolute atomic E-state index is 14.8. The summed E-state index contributed by atoms with van der Waals surface area (Å²) in [6.45, 7) is 4.23. The quantitative estimate of drug-likeness (QED) is 0.192. The van der Waals surface area contributed by atoms with Gasteiger partial charge in [0.25, 0.3) is 0 Å². The molecule has 0 aliphatic heterocycles. The molecule has 0 atom stereocenters. The minimum atomic E-state index is -1.04. The zero-order valence-corrected chi connectivity index (χ0v) is 21.2. The number of carbonyl (C=O) groups excluding carboxylic acids is 1. The zero-order chi connectivity index (χ0) is 26.7. The first-order valence-electron chi connectivity index (χ1n) is 11.4. The van der Waals surface area contributed by atoms with Crippen LogP contribution >= 0.6 is 11.3 Å². The number of carbonyl (C=O) groups is 1. The Kier molecular flexibility index (Phi) is 7.37. The lowest BCUT2D eigenvalue weighted by Gasteiger charge is -2.24. The first-order chi connectivity index (χ1) is 17.6. The van der Waals surface area contributed by atoms with Gasteiger partial charge in [-0.05, 0) is 54.1 Å². The van der Waals surface area contributed by atoms with Crippen molar-refractivity contribution >= 4 is 33.3 Å². The summed E-state index contributed by atoms with van der Waals surface area (Å²) >= 11 is 1.32. The number of hydrogen-bond acceptors (Lipinski definition) is 8. The molecule has 7 N–H and O–H groups in total. The van der Waals surface area contributed by atoms with Gasteiger partial charge in [0, 0.05) is 23.6 Å². The summed E-state index contributed by atoms with van der Waals surface area (Å²) < 4.78 is 30.0. The molecule has 0 fully saturated rings. The molecule has 2 aromatic heterocycles. The highest BCUT2D eigenvalue weighted by Crippen LogP contribution is 2.42. The molecule has 4 rings (SSSR count). The Bertz CT molecular complexity index is 1490. The number of nitrogens with one attached hydrogen (secondary N) is 1. The third kappa shape index (κ3) is 5.37. The highest BCUT2D eigenvalue weighted by atomic mass is 32.1. The van der Waals surface area contributed by atoms with Gasteiger partial charge in [-0.2, -0.15) is 0 Å². The molecule has 8 nitrogen and oxygen atoms in total. The van der Waals surface area contributed by atoms with E-state index in [0.29, 0.717) is 34.7 Å². The van der Waals surface area contributed by atoms with E-state index in [2.05, 4.69) is 15.3 Å². The van der Waals surface area contributed by atoms with Crippen LogP contribution in [-0.2, 0) is 10.2 Å². The number of anilines is 1. The number of nitrogens with zero attached hydrogens (tertiary/aromatic N) is 3. The molecule has 192 valence electrons. The summed E-state index contributed by atoms with van der Waals surface area (Å²) in [5.74, 6) is 4.44. The molecule has 0 saturated carbocycles. The van der Waals surface area contributed by atoms with Crippen molar-refractivity contribution in [1.82, 2.24) is 15.0 Å². The van der Waals surface area contributed by atoms with Crippen molar-refractivity contribution in [1.29, 1.82) is 0 Å². The number of benzene rings is 2. The standard InChI is InChI=1S/C26H27F2N7OS/c1-26(2,24(30)36)19-7-6-16(27)13-18(19)17-5-3-4-15-12-21(37-23(15)17)22-20(28)14-33-25(34-22)32-9-11-35(31)10-8-29/h3-8,10,12-14H,9,11,29,31H2,1-2H3,(H2,30,36)(H,32,33,34)/b10-8-. The number of fused-ring (bicyclic) bond motifs is 1. The van der Waals surface area contributed by atoms with Gasteiger partial charge < -0.3 is 21.8 Å². The van der Waals surface area contributed by atoms with Crippen LogP contribution in [0.5, 0.6) is 0 Å². The van der Waals surface area contributed by atoms with Crippen molar-refractivity contribution in [3.8, 4) is 21.7 Å². The third-order valence-corrected chi connectivity index (χ3v) is 7.20. The Balaban J connectivity index is 1.75. The van der Waals surface area contributed by atoms with E-state index in [4.69, 9.17) is 17.3 Å². The average molecular weight is 524 g/mol. The molecule has 2 aromatic carbocycles. The second-order valence-corrected chi connectivity index (χ2v) is 9.96. The van der Waals surface area contributed by atoms with Gasteiger partial charge in [-0.3, -0.25) is 4.79 Å².